The number of allylic oxidation sites excluding steroid dienone is 12. The number of rotatable bonds is 12. The third-order valence-corrected chi connectivity index (χ3v) is 12.8. The van der Waals surface area contributed by atoms with Crippen LogP contribution in [0.15, 0.2) is 224 Å². The van der Waals surface area contributed by atoms with Gasteiger partial charge >= 0.3 is 0 Å². The topological polar surface area (TPSA) is 38.4 Å². The summed E-state index contributed by atoms with van der Waals surface area (Å²) in [5, 5.41) is 2.51. The summed E-state index contributed by atoms with van der Waals surface area (Å²) in [5.74, 6) is 1.08. The van der Waals surface area contributed by atoms with Crippen molar-refractivity contribution < 1.29 is 0 Å². The third-order valence-electron chi connectivity index (χ3n) is 12.8. The minimum absolute atomic E-state index is 0.466. The Morgan fingerprint density at radius 1 is 0.703 bits per heavy atom. The zero-order chi connectivity index (χ0) is 44.9. The van der Waals surface area contributed by atoms with Crippen LogP contribution >= 0.6 is 0 Å². The highest BCUT2D eigenvalue weighted by molar-refractivity contribution is 5.97. The highest BCUT2D eigenvalue weighted by Gasteiger charge is 2.47. The molecule has 3 atom stereocenters. The molecule has 0 saturated heterocycles. The van der Waals surface area contributed by atoms with Gasteiger partial charge in [-0.2, -0.15) is 0 Å². The molecular formula is C62H62N2. The van der Waals surface area contributed by atoms with Crippen LogP contribution in [0.1, 0.15) is 67.9 Å². The van der Waals surface area contributed by atoms with E-state index in [4.69, 9.17) is 12.3 Å². The fourth-order valence-corrected chi connectivity index (χ4v) is 9.39. The summed E-state index contributed by atoms with van der Waals surface area (Å²) in [5.41, 5.74) is 21.6. The van der Waals surface area contributed by atoms with Crippen molar-refractivity contribution >= 4 is 23.1 Å². The Balaban J connectivity index is 0.000000700. The molecule has 8 rings (SSSR count). The number of benzene rings is 6. The normalized spacial score (nSPS) is 17.4. The van der Waals surface area contributed by atoms with Gasteiger partial charge in [0.1, 0.15) is 0 Å². The van der Waals surface area contributed by atoms with Gasteiger partial charge in [-0.05, 0) is 176 Å². The molecule has 0 saturated carbocycles. The van der Waals surface area contributed by atoms with Crippen molar-refractivity contribution in [3.63, 3.8) is 0 Å². The van der Waals surface area contributed by atoms with Crippen LogP contribution in [-0.2, 0) is 11.8 Å². The number of aliphatic imine (C=N–C) groups is 1. The average Bonchev–Trinajstić information content (AvgIpc) is 3.60. The Morgan fingerprint density at radius 3 is 2.16 bits per heavy atom. The van der Waals surface area contributed by atoms with Crippen molar-refractivity contribution in [3.8, 4) is 33.4 Å². The van der Waals surface area contributed by atoms with Gasteiger partial charge in [0.2, 0.25) is 0 Å². The molecule has 3 unspecified atom stereocenters. The predicted octanol–water partition coefficient (Wildman–Crippen LogP) is 16.0. The molecule has 64 heavy (non-hydrogen) atoms. The Bertz CT molecular complexity index is 2820. The second-order valence-electron chi connectivity index (χ2n) is 17.0. The highest BCUT2D eigenvalue weighted by Crippen LogP contribution is 2.58. The Labute approximate surface area is 382 Å². The van der Waals surface area contributed by atoms with Gasteiger partial charge in [0, 0.05) is 13.3 Å². The number of aryl methyl sites for hydroxylation is 1. The van der Waals surface area contributed by atoms with E-state index < -0.39 is 5.41 Å². The lowest BCUT2D eigenvalue weighted by atomic mass is 9.65. The van der Waals surface area contributed by atoms with E-state index in [-0.39, 0.29) is 0 Å². The van der Waals surface area contributed by atoms with Gasteiger partial charge in [-0.1, -0.05) is 172 Å². The molecule has 2 heteroatoms. The maximum absolute atomic E-state index is 5.66. The molecule has 0 heterocycles. The van der Waals surface area contributed by atoms with Crippen LogP contribution < -0.4 is 5.73 Å². The number of hydrogen-bond acceptors (Lipinski definition) is 2. The Morgan fingerprint density at radius 2 is 1.41 bits per heavy atom. The fourth-order valence-electron chi connectivity index (χ4n) is 9.39. The van der Waals surface area contributed by atoms with Gasteiger partial charge in [0.25, 0.3) is 0 Å². The Hall–Kier alpha value is -7.03. The molecule has 1 spiro atoms. The summed E-state index contributed by atoms with van der Waals surface area (Å²) in [6, 6.07) is 47.7. The first-order valence-electron chi connectivity index (χ1n) is 22.7. The van der Waals surface area contributed by atoms with E-state index >= 15 is 0 Å². The lowest BCUT2D eigenvalue weighted by molar-refractivity contribution is 0.391. The quantitative estimate of drug-likeness (QED) is 0.0744. The van der Waals surface area contributed by atoms with Crippen LogP contribution in [0.25, 0.3) is 50.2 Å². The first kappa shape index (κ1) is 45.0. The molecule has 0 aromatic heterocycles. The molecule has 0 fully saturated rings. The molecule has 0 bridgehead atoms. The summed E-state index contributed by atoms with van der Waals surface area (Å²) in [6.07, 6.45) is 30.2. The van der Waals surface area contributed by atoms with Crippen LogP contribution in [-0.4, -0.2) is 13.3 Å². The van der Waals surface area contributed by atoms with E-state index in [1.165, 1.54) is 77.5 Å². The molecule has 2 aliphatic carbocycles. The molecule has 0 aliphatic heterocycles. The predicted molar refractivity (Wildman–Crippen MR) is 280 cm³/mol. The molecule has 2 nitrogen and oxygen atoms in total. The van der Waals surface area contributed by atoms with E-state index in [0.29, 0.717) is 11.8 Å². The zero-order valence-corrected chi connectivity index (χ0v) is 38.1. The lowest BCUT2D eigenvalue weighted by Gasteiger charge is -2.36. The lowest BCUT2D eigenvalue weighted by Crippen LogP contribution is -2.30. The second-order valence-corrected chi connectivity index (χ2v) is 17.0. The highest BCUT2D eigenvalue weighted by atomic mass is 14.6. The summed E-state index contributed by atoms with van der Waals surface area (Å²) in [7, 11) is 1.75. The average molecular weight is 835 g/mol. The van der Waals surface area contributed by atoms with Crippen LogP contribution in [0.3, 0.4) is 0 Å². The summed E-state index contributed by atoms with van der Waals surface area (Å²) in [4.78, 5) is 3.76. The third kappa shape index (κ3) is 9.78. The van der Waals surface area contributed by atoms with Gasteiger partial charge in [-0.25, -0.2) is 0 Å². The van der Waals surface area contributed by atoms with Crippen LogP contribution in [0.4, 0.5) is 0 Å². The maximum Gasteiger partial charge on any atom is 0.0710 e. The molecule has 6 aromatic carbocycles. The van der Waals surface area contributed by atoms with Crippen molar-refractivity contribution in [2.75, 3.05) is 7.05 Å². The summed E-state index contributed by atoms with van der Waals surface area (Å²) >= 11 is 0. The largest absolute Gasteiger partial charge is 0.405 e. The fraction of sp³-hybridized carbons (Fsp3) is 0.177. The SMILES string of the molecule is C/C=C\C=C/C=NC.C=CCC(C)C(C)CC(/C=C\C=C/N)=C\c1cccc(-c2cccc(-c3ccc4c(c3)-c3cc5ccccc5cc3C43C(=C)/C=C\CCc4ccccc43)c2)c1. The van der Waals surface area contributed by atoms with Crippen molar-refractivity contribution in [1.29, 1.82) is 0 Å². The van der Waals surface area contributed by atoms with E-state index in [9.17, 15) is 0 Å². The smallest absolute Gasteiger partial charge is 0.0710 e. The molecule has 0 amide bonds. The van der Waals surface area contributed by atoms with Gasteiger partial charge < -0.3 is 5.73 Å². The minimum atomic E-state index is -0.466. The molecule has 2 aliphatic rings. The zero-order valence-electron chi connectivity index (χ0n) is 38.1. The molecule has 2 N–H and O–H groups in total. The first-order chi connectivity index (χ1) is 31.3. The number of hydrogen-bond donors (Lipinski definition) is 1. The minimum Gasteiger partial charge on any atom is -0.405 e. The Kier molecular flexibility index (Phi) is 15.0. The maximum atomic E-state index is 5.66. The van der Waals surface area contributed by atoms with E-state index in [1.807, 2.05) is 49.5 Å². The molecular weight excluding hydrogens is 773 g/mol. The molecule has 0 radical (unpaired) electrons. The summed E-state index contributed by atoms with van der Waals surface area (Å²) in [6.45, 7) is 15.4. The van der Waals surface area contributed by atoms with Crippen LogP contribution in [0.2, 0.25) is 0 Å². The van der Waals surface area contributed by atoms with Crippen LogP contribution in [0, 0.1) is 11.8 Å². The van der Waals surface area contributed by atoms with Crippen molar-refractivity contribution in [3.05, 3.63) is 246 Å². The number of fused-ring (bicyclic) bond motifs is 8. The van der Waals surface area contributed by atoms with Crippen molar-refractivity contribution in [2.24, 2.45) is 22.6 Å². The van der Waals surface area contributed by atoms with E-state index in [1.54, 1.807) is 19.5 Å². The first-order valence-corrected chi connectivity index (χ1v) is 22.7. The van der Waals surface area contributed by atoms with E-state index in [2.05, 4.69) is 177 Å². The summed E-state index contributed by atoms with van der Waals surface area (Å²) < 4.78 is 0. The monoisotopic (exact) mass is 834 g/mol. The standard InChI is InChI=1S/C55H51N.C7H11N/c1-5-16-38(2)39(3)31-41(18-12-13-30-56)32-42-19-14-24-44(33-42)45-25-15-26-46(34-45)49-28-29-53-50(36-49)51-35-47-22-8-9-23-48(47)37-54(51)55(53)40(4)17-6-7-20-43-21-10-11-27-52(43)55;1-3-4-5-6-7-8-2/h5-6,8-15,17-19,21-30,32-39H,1,4,7,16,20,31,56H2,2-3H3;3-7H,1-2H3/b17-6-,18-12-,30-13-,41-32-;4-3-,6-5-,8-7?. The van der Waals surface area contributed by atoms with E-state index in [0.717, 1.165) is 31.3 Å². The second kappa shape index (κ2) is 21.4. The van der Waals surface area contributed by atoms with Gasteiger partial charge in [0.05, 0.1) is 5.41 Å². The molecule has 320 valence electrons. The van der Waals surface area contributed by atoms with Crippen molar-refractivity contribution in [1.82, 2.24) is 0 Å². The molecule has 6 aromatic rings. The van der Waals surface area contributed by atoms with Crippen molar-refractivity contribution in [2.45, 2.75) is 51.9 Å². The number of nitrogens with zero attached hydrogens (tertiary/aromatic N) is 1. The van der Waals surface area contributed by atoms with Gasteiger partial charge in [0.15, 0.2) is 0 Å². The number of nitrogens with two attached hydrogens (primary N) is 1. The van der Waals surface area contributed by atoms with Crippen LogP contribution in [0.5, 0.6) is 0 Å². The van der Waals surface area contributed by atoms with Gasteiger partial charge in [-0.3, -0.25) is 4.99 Å². The van der Waals surface area contributed by atoms with Gasteiger partial charge in [-0.15, -0.1) is 6.58 Å².